The average molecular weight is 1180 g/mol. The van der Waals surface area contributed by atoms with E-state index in [1.165, 1.54) is 21.5 Å². The Morgan fingerprint density at radius 1 is 0.196 bits per heavy atom. The zero-order valence-electron chi connectivity index (χ0n) is 49.5. The summed E-state index contributed by atoms with van der Waals surface area (Å²) in [4.78, 5) is 30.3. The largest absolute Gasteiger partial charge is 0.315 e. The third-order valence-corrected chi connectivity index (χ3v) is 17.7. The van der Waals surface area contributed by atoms with Crippen molar-refractivity contribution in [2.75, 3.05) is 0 Å². The summed E-state index contributed by atoms with van der Waals surface area (Å²) >= 11 is 0. The first-order valence-electron chi connectivity index (χ1n) is 30.8. The number of para-hydroxylation sites is 2. The molecule has 0 saturated carbocycles. The molecular weight excluding hydrogens is 1120 g/mol. The molecule has 0 atom stereocenters. The highest BCUT2D eigenvalue weighted by Gasteiger charge is 2.22. The Kier molecular flexibility index (Phi) is 12.3. The first-order chi connectivity index (χ1) is 45.6. The van der Waals surface area contributed by atoms with Crippen molar-refractivity contribution in [2.45, 2.75) is 0 Å². The maximum atomic E-state index is 5.09. The molecule has 430 valence electrons. The molecule has 0 radical (unpaired) electrons. The average Bonchev–Trinajstić information content (AvgIpc) is 1.58. The summed E-state index contributed by atoms with van der Waals surface area (Å²) in [5.74, 6) is 3.73. The summed E-state index contributed by atoms with van der Waals surface area (Å²) in [5, 5.41) is 7.02. The smallest absolute Gasteiger partial charge is 0.164 e. The highest BCUT2D eigenvalue weighted by Crippen LogP contribution is 2.42. The lowest BCUT2D eigenvalue weighted by atomic mass is 10.0. The zero-order valence-corrected chi connectivity index (χ0v) is 49.5. The van der Waals surface area contributed by atoms with Gasteiger partial charge in [-0.25, -0.2) is 29.9 Å². The van der Waals surface area contributed by atoms with E-state index in [1.54, 1.807) is 0 Å². The van der Waals surface area contributed by atoms with Gasteiger partial charge in [0.05, 0.1) is 33.1 Å². The summed E-state index contributed by atoms with van der Waals surface area (Å²) in [6, 6.07) is 106. The van der Waals surface area contributed by atoms with E-state index in [1.807, 2.05) is 121 Å². The Morgan fingerprint density at radius 2 is 0.511 bits per heavy atom. The molecule has 10 nitrogen and oxygen atoms in total. The number of hydrogen-bond acceptors (Lipinski definition) is 6. The van der Waals surface area contributed by atoms with Crippen LogP contribution in [0.4, 0.5) is 0 Å². The molecule has 6 aromatic heterocycles. The minimum absolute atomic E-state index is 0.609. The number of hydrogen-bond donors (Lipinski definition) is 0. The van der Waals surface area contributed by atoms with Crippen LogP contribution in [-0.4, -0.2) is 48.2 Å². The van der Waals surface area contributed by atoms with Crippen molar-refractivity contribution in [3.05, 3.63) is 316 Å². The van der Waals surface area contributed by atoms with Crippen LogP contribution in [0.15, 0.2) is 316 Å². The van der Waals surface area contributed by atoms with Crippen molar-refractivity contribution in [3.63, 3.8) is 0 Å². The molecule has 18 aromatic rings. The molecule has 0 bridgehead atoms. The van der Waals surface area contributed by atoms with Crippen LogP contribution in [0, 0.1) is 0 Å². The molecule has 0 saturated heterocycles. The minimum Gasteiger partial charge on any atom is -0.315 e. The first-order valence-corrected chi connectivity index (χ1v) is 30.8. The minimum atomic E-state index is 0.609. The van der Waals surface area contributed by atoms with Gasteiger partial charge >= 0.3 is 0 Å². The lowest BCUT2D eigenvalue weighted by molar-refractivity contribution is 1.07. The van der Waals surface area contributed by atoms with E-state index < -0.39 is 0 Å². The molecule has 10 heteroatoms. The van der Waals surface area contributed by atoms with E-state index in [2.05, 4.69) is 213 Å². The fraction of sp³-hybridized carbons (Fsp3) is 0. The second-order valence-corrected chi connectivity index (χ2v) is 23.1. The van der Waals surface area contributed by atoms with Gasteiger partial charge in [-0.05, 0) is 83.9 Å². The van der Waals surface area contributed by atoms with Crippen LogP contribution in [0.25, 0.3) is 168 Å². The molecule has 92 heavy (non-hydrogen) atoms. The van der Waals surface area contributed by atoms with Gasteiger partial charge in [0.15, 0.2) is 34.9 Å². The van der Waals surface area contributed by atoms with Gasteiger partial charge in [-0.2, -0.15) is 0 Å². The molecule has 0 amide bonds. The van der Waals surface area contributed by atoms with Crippen LogP contribution >= 0.6 is 0 Å². The maximum absolute atomic E-state index is 5.09. The molecule has 0 fully saturated rings. The van der Waals surface area contributed by atoms with Crippen molar-refractivity contribution < 1.29 is 0 Å². The quantitative estimate of drug-likeness (QED) is 0.128. The van der Waals surface area contributed by atoms with E-state index in [-0.39, 0.29) is 0 Å². The van der Waals surface area contributed by atoms with Crippen LogP contribution in [0.3, 0.4) is 0 Å². The Morgan fingerprint density at radius 3 is 0.870 bits per heavy atom. The molecule has 0 spiro atoms. The molecule has 0 aliphatic heterocycles. The highest BCUT2D eigenvalue weighted by molar-refractivity contribution is 6.19. The normalized spacial score (nSPS) is 11.7. The van der Waals surface area contributed by atoms with E-state index in [9.17, 15) is 0 Å². The Hall–Kier alpha value is -12.7. The SMILES string of the molecule is c1ccc(-c2nc(-c3ccccc3)nc(-c3cccc(-n4ccc5ccc6c7ccccc7n(-c7ccc(-c8ccc(-n9c%10ccccc%10c%10ccc%11ccn(-c%12cccc(-c%13nc(-c%14ccccc%14)nc(-c%14ccccc%14)n%13)c%12)c%11c%109)cc8)cc7)c6c54)c3)n2)cc1. The standard InChI is InChI=1S/C82H52N10/c1-5-19-57(20-6-1)77-83-78(58-21-7-2-8-22-58)86-81(85-77)61-27-17-29-65(51-61)89-49-47-55-39-45-69-67-31-13-15-33-71(67)91(75(69)73(55)89)63-41-35-53(36-42-63)54-37-43-64(44-38-54)92-72-34-16-14-32-68(72)70-46-40-56-48-50-90(74(56)76(70)92)66-30-18-28-62(52-66)82-87-79(59-23-9-3-10-24-59)84-80(88-82)60-25-11-4-12-26-60/h1-52H. The number of aromatic nitrogens is 10. The molecule has 6 heterocycles. The third-order valence-electron chi connectivity index (χ3n) is 17.7. The second kappa shape index (κ2) is 21.6. The molecule has 0 aliphatic carbocycles. The van der Waals surface area contributed by atoms with E-state index in [4.69, 9.17) is 29.9 Å². The Labute approximate surface area is 528 Å². The summed E-state index contributed by atoms with van der Waals surface area (Å²) in [6.07, 6.45) is 4.36. The van der Waals surface area contributed by atoms with Gasteiger partial charge in [0, 0.05) is 101 Å². The predicted molar refractivity (Wildman–Crippen MR) is 374 cm³/mol. The van der Waals surface area contributed by atoms with Gasteiger partial charge in [0.2, 0.25) is 0 Å². The predicted octanol–water partition coefficient (Wildman–Crippen LogP) is 19.8. The third kappa shape index (κ3) is 8.88. The van der Waals surface area contributed by atoms with Gasteiger partial charge in [0.25, 0.3) is 0 Å². The second-order valence-electron chi connectivity index (χ2n) is 23.1. The summed E-state index contributed by atoms with van der Waals surface area (Å²) < 4.78 is 9.47. The van der Waals surface area contributed by atoms with Gasteiger partial charge in [-0.3, -0.25) is 0 Å². The number of rotatable bonds is 11. The summed E-state index contributed by atoms with van der Waals surface area (Å²) in [5.41, 5.74) is 18.7. The van der Waals surface area contributed by atoms with E-state index in [0.717, 1.165) is 111 Å². The molecular formula is C82H52N10. The number of benzene rings is 12. The van der Waals surface area contributed by atoms with E-state index in [0.29, 0.717) is 34.9 Å². The van der Waals surface area contributed by atoms with Gasteiger partial charge in [0.1, 0.15) is 0 Å². The van der Waals surface area contributed by atoms with Crippen LogP contribution in [0.1, 0.15) is 0 Å². The summed E-state index contributed by atoms with van der Waals surface area (Å²) in [6.45, 7) is 0. The molecule has 12 aromatic carbocycles. The van der Waals surface area contributed by atoms with Crippen LogP contribution in [0.5, 0.6) is 0 Å². The van der Waals surface area contributed by atoms with Crippen molar-refractivity contribution in [2.24, 2.45) is 0 Å². The Balaban J connectivity index is 0.709. The lowest BCUT2D eigenvalue weighted by Gasteiger charge is -2.14. The number of nitrogens with zero attached hydrogens (tertiary/aromatic N) is 10. The number of fused-ring (bicyclic) bond motifs is 10. The Bertz CT molecular complexity index is 5370. The zero-order chi connectivity index (χ0) is 60.6. The van der Waals surface area contributed by atoms with Crippen molar-refractivity contribution in [1.82, 2.24) is 48.2 Å². The van der Waals surface area contributed by atoms with Crippen LogP contribution in [-0.2, 0) is 0 Å². The van der Waals surface area contributed by atoms with Gasteiger partial charge in [-0.1, -0.05) is 231 Å². The lowest BCUT2D eigenvalue weighted by Crippen LogP contribution is -2.01. The highest BCUT2D eigenvalue weighted by atomic mass is 15.1. The topological polar surface area (TPSA) is 97.1 Å². The van der Waals surface area contributed by atoms with Gasteiger partial charge < -0.3 is 18.3 Å². The molecule has 0 aliphatic rings. The fourth-order valence-corrected chi connectivity index (χ4v) is 13.4. The van der Waals surface area contributed by atoms with Crippen molar-refractivity contribution in [1.29, 1.82) is 0 Å². The van der Waals surface area contributed by atoms with Crippen LogP contribution in [0.2, 0.25) is 0 Å². The van der Waals surface area contributed by atoms with E-state index >= 15 is 0 Å². The summed E-state index contributed by atoms with van der Waals surface area (Å²) in [7, 11) is 0. The molecule has 18 rings (SSSR count). The molecule has 0 unspecified atom stereocenters. The van der Waals surface area contributed by atoms with Crippen LogP contribution < -0.4 is 0 Å². The monoisotopic (exact) mass is 1180 g/mol. The van der Waals surface area contributed by atoms with Gasteiger partial charge in [-0.15, -0.1) is 0 Å². The first kappa shape index (κ1) is 52.5. The van der Waals surface area contributed by atoms with Crippen molar-refractivity contribution in [3.8, 4) is 102 Å². The molecule has 0 N–H and O–H groups in total. The van der Waals surface area contributed by atoms with Crippen molar-refractivity contribution >= 4 is 65.4 Å². The fourth-order valence-electron chi connectivity index (χ4n) is 13.4. The maximum Gasteiger partial charge on any atom is 0.164 e.